The van der Waals surface area contributed by atoms with E-state index in [0.717, 1.165) is 0 Å². The molecule has 6 heteroatoms. The lowest BCUT2D eigenvalue weighted by atomic mass is 10.3. The van der Waals surface area contributed by atoms with Gasteiger partial charge in [0, 0.05) is 6.07 Å². The standard InChI is InChI=1S/C13H14N2O3S/c1-2-18-13-8-4-3-7-12(13)15-19(16,17)11-6-5-9-14-10-11/h3-10,15H,2H2,1H3/p+1. The first kappa shape index (κ1) is 13.4. The number of pyridine rings is 1. The van der Waals surface area contributed by atoms with E-state index in [-0.39, 0.29) is 4.90 Å². The molecule has 0 amide bonds. The number of hydrogen-bond donors (Lipinski definition) is 1. The molecule has 0 saturated carbocycles. The van der Waals surface area contributed by atoms with E-state index in [2.05, 4.69) is 9.71 Å². The van der Waals surface area contributed by atoms with E-state index in [1.807, 2.05) is 6.92 Å². The van der Waals surface area contributed by atoms with E-state index in [4.69, 9.17) is 4.74 Å². The van der Waals surface area contributed by atoms with Gasteiger partial charge in [-0.1, -0.05) is 12.1 Å². The number of benzene rings is 1. The van der Waals surface area contributed by atoms with E-state index < -0.39 is 10.0 Å². The Morgan fingerprint density at radius 1 is 1.21 bits per heavy atom. The molecule has 0 aliphatic carbocycles. The molecule has 0 fully saturated rings. The Bertz CT molecular complexity index is 642. The first-order chi connectivity index (χ1) is 9.13. The number of para-hydroxylation sites is 2. The van der Waals surface area contributed by atoms with Crippen LogP contribution in [0.5, 0.6) is 5.75 Å². The van der Waals surface area contributed by atoms with E-state index >= 15 is 0 Å². The third-order valence-electron chi connectivity index (χ3n) is 2.42. The van der Waals surface area contributed by atoms with Crippen molar-refractivity contribution in [2.24, 2.45) is 0 Å². The third-order valence-corrected chi connectivity index (χ3v) is 3.78. The van der Waals surface area contributed by atoms with Gasteiger partial charge in [-0.25, -0.2) is 13.4 Å². The zero-order valence-electron chi connectivity index (χ0n) is 10.5. The quantitative estimate of drug-likeness (QED) is 0.905. The number of H-pyrrole nitrogens is 1. The second kappa shape index (κ2) is 5.71. The molecule has 0 atom stereocenters. The van der Waals surface area contributed by atoms with Gasteiger partial charge in [-0.2, -0.15) is 0 Å². The summed E-state index contributed by atoms with van der Waals surface area (Å²) in [4.78, 5) is 2.91. The third kappa shape index (κ3) is 3.23. The van der Waals surface area contributed by atoms with Crippen molar-refractivity contribution >= 4 is 15.7 Å². The van der Waals surface area contributed by atoms with Crippen molar-refractivity contribution in [3.8, 4) is 5.75 Å². The first-order valence-corrected chi connectivity index (χ1v) is 7.32. The van der Waals surface area contributed by atoms with Crippen LogP contribution in [0.25, 0.3) is 0 Å². The number of ether oxygens (including phenoxy) is 1. The van der Waals surface area contributed by atoms with Crippen LogP contribution in [0.1, 0.15) is 6.92 Å². The Morgan fingerprint density at radius 3 is 2.68 bits per heavy atom. The minimum atomic E-state index is -3.62. The smallest absolute Gasteiger partial charge is 0.267 e. The molecular formula is C13H15N2O3S+. The minimum absolute atomic E-state index is 0.168. The molecule has 0 aliphatic rings. The van der Waals surface area contributed by atoms with Gasteiger partial charge in [0.2, 0.25) is 0 Å². The lowest BCUT2D eigenvalue weighted by molar-refractivity contribution is -0.381. The van der Waals surface area contributed by atoms with Gasteiger partial charge in [0.15, 0.2) is 17.3 Å². The van der Waals surface area contributed by atoms with Crippen molar-refractivity contribution in [2.45, 2.75) is 11.8 Å². The van der Waals surface area contributed by atoms with Gasteiger partial charge >= 0.3 is 0 Å². The van der Waals surface area contributed by atoms with E-state index in [1.165, 1.54) is 12.3 Å². The van der Waals surface area contributed by atoms with Crippen LogP contribution in [0.2, 0.25) is 0 Å². The maximum atomic E-state index is 12.2. The number of aromatic amines is 1. The summed E-state index contributed by atoms with van der Waals surface area (Å²) in [6.07, 6.45) is 3.07. The molecule has 2 N–H and O–H groups in total. The number of hydrogen-bond acceptors (Lipinski definition) is 3. The fourth-order valence-corrected chi connectivity index (χ4v) is 2.64. The highest BCUT2D eigenvalue weighted by atomic mass is 32.2. The number of aromatic nitrogens is 1. The van der Waals surface area contributed by atoms with Crippen molar-refractivity contribution in [2.75, 3.05) is 11.3 Å². The summed E-state index contributed by atoms with van der Waals surface area (Å²) in [6.45, 7) is 2.31. The SMILES string of the molecule is CCOc1ccccc1NS(=O)(=O)c1ccc[nH+]c1. The average Bonchev–Trinajstić information content (AvgIpc) is 2.42. The molecule has 0 radical (unpaired) electrons. The van der Waals surface area contributed by atoms with Gasteiger partial charge in [0.25, 0.3) is 10.0 Å². The molecule has 5 nitrogen and oxygen atoms in total. The van der Waals surface area contributed by atoms with Crippen LogP contribution < -0.4 is 14.4 Å². The second-order valence-corrected chi connectivity index (χ2v) is 5.46. The van der Waals surface area contributed by atoms with E-state index in [9.17, 15) is 8.42 Å². The molecular weight excluding hydrogens is 264 g/mol. The van der Waals surface area contributed by atoms with Crippen LogP contribution in [-0.2, 0) is 10.0 Å². The van der Waals surface area contributed by atoms with Crippen LogP contribution in [0, 0.1) is 0 Å². The Kier molecular flexibility index (Phi) is 4.01. The highest BCUT2D eigenvalue weighted by molar-refractivity contribution is 7.92. The van der Waals surface area contributed by atoms with Crippen molar-refractivity contribution in [1.82, 2.24) is 0 Å². The molecule has 2 aromatic rings. The highest BCUT2D eigenvalue weighted by Crippen LogP contribution is 2.26. The number of nitrogens with one attached hydrogen (secondary N) is 2. The van der Waals surface area contributed by atoms with Gasteiger partial charge in [0.1, 0.15) is 5.75 Å². The van der Waals surface area contributed by atoms with Crippen molar-refractivity contribution in [3.05, 3.63) is 48.8 Å². The fraction of sp³-hybridized carbons (Fsp3) is 0.154. The normalized spacial score (nSPS) is 11.0. The summed E-state index contributed by atoms with van der Waals surface area (Å²) in [6, 6.07) is 10.1. The van der Waals surface area contributed by atoms with Crippen LogP contribution in [-0.4, -0.2) is 15.0 Å². The Morgan fingerprint density at radius 2 is 2.00 bits per heavy atom. The van der Waals surface area contributed by atoms with Crippen LogP contribution >= 0.6 is 0 Å². The zero-order chi connectivity index (χ0) is 13.7. The van der Waals surface area contributed by atoms with E-state index in [0.29, 0.717) is 18.0 Å². The molecule has 0 bridgehead atoms. The average molecular weight is 279 g/mol. The van der Waals surface area contributed by atoms with Crippen molar-refractivity contribution < 1.29 is 18.1 Å². The molecule has 2 rings (SSSR count). The molecule has 0 aliphatic heterocycles. The summed E-state index contributed by atoms with van der Waals surface area (Å²) in [5.74, 6) is 0.508. The number of sulfonamides is 1. The van der Waals surface area contributed by atoms with Gasteiger partial charge in [-0.05, 0) is 25.1 Å². The summed E-state index contributed by atoms with van der Waals surface area (Å²) in [5, 5.41) is 0. The zero-order valence-corrected chi connectivity index (χ0v) is 11.3. The number of anilines is 1. The maximum absolute atomic E-state index is 12.2. The monoisotopic (exact) mass is 279 g/mol. The molecule has 100 valence electrons. The van der Waals surface area contributed by atoms with Gasteiger partial charge in [0.05, 0.1) is 12.3 Å². The largest absolute Gasteiger partial charge is 0.492 e. The number of rotatable bonds is 5. The lowest BCUT2D eigenvalue weighted by Crippen LogP contribution is -2.16. The fourth-order valence-electron chi connectivity index (χ4n) is 1.58. The maximum Gasteiger partial charge on any atom is 0.267 e. The van der Waals surface area contributed by atoms with Crippen molar-refractivity contribution in [1.29, 1.82) is 0 Å². The van der Waals surface area contributed by atoms with E-state index in [1.54, 1.807) is 36.5 Å². The molecule has 19 heavy (non-hydrogen) atoms. The lowest BCUT2D eigenvalue weighted by Gasteiger charge is -2.11. The minimum Gasteiger partial charge on any atom is -0.492 e. The molecule has 0 unspecified atom stereocenters. The highest BCUT2D eigenvalue weighted by Gasteiger charge is 2.17. The predicted octanol–water partition coefficient (Wildman–Crippen LogP) is 1.70. The Labute approximate surface area is 112 Å². The Balaban J connectivity index is 2.31. The van der Waals surface area contributed by atoms with Gasteiger partial charge in [-0.15, -0.1) is 0 Å². The van der Waals surface area contributed by atoms with Crippen LogP contribution in [0.4, 0.5) is 5.69 Å². The molecule has 0 saturated heterocycles. The molecule has 1 heterocycles. The summed E-state index contributed by atoms with van der Waals surface area (Å²) in [7, 11) is -3.62. The second-order valence-electron chi connectivity index (χ2n) is 3.77. The van der Waals surface area contributed by atoms with Gasteiger partial charge in [-0.3, -0.25) is 4.72 Å². The molecule has 1 aromatic carbocycles. The van der Waals surface area contributed by atoms with Crippen LogP contribution in [0.3, 0.4) is 0 Å². The topological polar surface area (TPSA) is 69.5 Å². The first-order valence-electron chi connectivity index (χ1n) is 5.84. The van der Waals surface area contributed by atoms with Crippen LogP contribution in [0.15, 0.2) is 53.7 Å². The Hall–Kier alpha value is -2.08. The molecule has 0 spiro atoms. The summed E-state index contributed by atoms with van der Waals surface area (Å²) < 4.78 is 32.2. The summed E-state index contributed by atoms with van der Waals surface area (Å²) in [5.41, 5.74) is 0.424. The molecule has 1 aromatic heterocycles. The predicted molar refractivity (Wildman–Crippen MR) is 71.4 cm³/mol. The van der Waals surface area contributed by atoms with Gasteiger partial charge < -0.3 is 4.74 Å². The van der Waals surface area contributed by atoms with Crippen molar-refractivity contribution in [3.63, 3.8) is 0 Å². The summed E-state index contributed by atoms with van der Waals surface area (Å²) >= 11 is 0.